The number of carbonyl (C=O) groups is 2. The molecule has 0 bridgehead atoms. The Bertz CT molecular complexity index is 515. The lowest BCUT2D eigenvalue weighted by Gasteiger charge is -2.12. The van der Waals surface area contributed by atoms with Crippen LogP contribution in [-0.4, -0.2) is 27.8 Å². The van der Waals surface area contributed by atoms with Gasteiger partial charge in [-0.15, -0.1) is 11.3 Å². The van der Waals surface area contributed by atoms with Crippen LogP contribution in [0.3, 0.4) is 0 Å². The van der Waals surface area contributed by atoms with Gasteiger partial charge in [-0.2, -0.15) is 13.2 Å². The molecule has 0 saturated carbocycles. The van der Waals surface area contributed by atoms with E-state index in [1.54, 1.807) is 0 Å². The van der Waals surface area contributed by atoms with Crippen molar-refractivity contribution < 1.29 is 22.8 Å². The van der Waals surface area contributed by atoms with Crippen LogP contribution in [0.1, 0.15) is 19.0 Å². The maximum absolute atomic E-state index is 12.4. The number of amides is 1. The number of hydrogen-bond donors (Lipinski definition) is 0. The van der Waals surface area contributed by atoms with Gasteiger partial charge in [0.15, 0.2) is 15.9 Å². The van der Waals surface area contributed by atoms with Crippen LogP contribution in [0.15, 0.2) is 5.38 Å². The van der Waals surface area contributed by atoms with E-state index in [1.807, 2.05) is 0 Å². The molecule has 2 heterocycles. The minimum Gasteiger partial charge on any atom is -0.288 e. The van der Waals surface area contributed by atoms with Crippen LogP contribution in [-0.2, 0) is 15.8 Å². The van der Waals surface area contributed by atoms with Gasteiger partial charge in [-0.25, -0.2) is 4.98 Å². The Labute approximate surface area is 115 Å². The Hall–Kier alpha value is -1.09. The van der Waals surface area contributed by atoms with Gasteiger partial charge < -0.3 is 0 Å². The lowest BCUT2D eigenvalue weighted by Crippen LogP contribution is -2.25. The molecule has 4 nitrogen and oxygen atoms in total. The van der Waals surface area contributed by atoms with Crippen molar-refractivity contribution in [3.8, 4) is 0 Å². The quantitative estimate of drug-likeness (QED) is 0.842. The topological polar surface area (TPSA) is 50.3 Å². The molecule has 19 heavy (non-hydrogen) atoms. The molecular weight excluding hydrogens is 301 g/mol. The summed E-state index contributed by atoms with van der Waals surface area (Å²) in [6.45, 7) is 1.61. The molecule has 0 N–H and O–H groups in total. The van der Waals surface area contributed by atoms with Crippen molar-refractivity contribution in [3.63, 3.8) is 0 Å². The Balaban J connectivity index is 2.12. The summed E-state index contributed by atoms with van der Waals surface area (Å²) in [6.07, 6.45) is -4.36. The van der Waals surface area contributed by atoms with Crippen LogP contribution in [0.5, 0.6) is 0 Å². The number of halogens is 3. The molecule has 0 radical (unpaired) electrons. The second kappa shape index (κ2) is 5.12. The molecule has 1 amide bonds. The standard InChI is InChI=1S/C10H9F3N2O2S2/c1-5(16)19-6-2-8(17)15(3-6)9-14-7(4-18-9)10(11,12)13/h4,6H,2-3H2,1H3. The largest absolute Gasteiger partial charge is 0.434 e. The van der Waals surface area contributed by atoms with Crippen molar-refractivity contribution in [1.82, 2.24) is 4.98 Å². The summed E-state index contributed by atoms with van der Waals surface area (Å²) in [6, 6.07) is 0. The summed E-state index contributed by atoms with van der Waals surface area (Å²) in [7, 11) is 0. The van der Waals surface area contributed by atoms with E-state index in [-0.39, 0.29) is 34.4 Å². The fourth-order valence-corrected chi connectivity index (χ4v) is 3.47. The van der Waals surface area contributed by atoms with Crippen LogP contribution in [0.2, 0.25) is 0 Å². The summed E-state index contributed by atoms with van der Waals surface area (Å²) in [5.41, 5.74) is -0.997. The van der Waals surface area contributed by atoms with Crippen LogP contribution >= 0.6 is 23.1 Å². The van der Waals surface area contributed by atoms with E-state index in [2.05, 4.69) is 4.98 Å². The van der Waals surface area contributed by atoms with E-state index >= 15 is 0 Å². The molecule has 2 rings (SSSR count). The molecule has 9 heteroatoms. The highest BCUT2D eigenvalue weighted by Crippen LogP contribution is 2.35. The maximum Gasteiger partial charge on any atom is 0.434 e. The van der Waals surface area contributed by atoms with Gasteiger partial charge in [0.1, 0.15) is 0 Å². The lowest BCUT2D eigenvalue weighted by atomic mass is 10.4. The van der Waals surface area contributed by atoms with Crippen molar-refractivity contribution in [1.29, 1.82) is 0 Å². The van der Waals surface area contributed by atoms with E-state index in [9.17, 15) is 22.8 Å². The first-order valence-electron chi connectivity index (χ1n) is 5.27. The molecular formula is C10H9F3N2O2S2. The number of alkyl halides is 3. The van der Waals surface area contributed by atoms with Crippen molar-refractivity contribution in [2.75, 3.05) is 11.4 Å². The van der Waals surface area contributed by atoms with Crippen LogP contribution in [0.25, 0.3) is 0 Å². The first kappa shape index (κ1) is 14.3. The number of thiazole rings is 1. The zero-order valence-electron chi connectivity index (χ0n) is 9.73. The molecule has 1 aliphatic heterocycles. The Morgan fingerprint density at radius 3 is 2.79 bits per heavy atom. The molecule has 0 aliphatic carbocycles. The number of aromatic nitrogens is 1. The van der Waals surface area contributed by atoms with Gasteiger partial charge in [0.05, 0.1) is 0 Å². The van der Waals surface area contributed by atoms with Gasteiger partial charge in [0.25, 0.3) is 0 Å². The molecule has 104 valence electrons. The second-order valence-electron chi connectivity index (χ2n) is 3.95. The van der Waals surface area contributed by atoms with E-state index in [0.717, 1.165) is 28.5 Å². The van der Waals surface area contributed by atoms with Crippen molar-refractivity contribution in [2.24, 2.45) is 0 Å². The van der Waals surface area contributed by atoms with Gasteiger partial charge in [0.2, 0.25) is 5.91 Å². The lowest BCUT2D eigenvalue weighted by molar-refractivity contribution is -0.140. The summed E-state index contributed by atoms with van der Waals surface area (Å²) >= 11 is 1.81. The van der Waals surface area contributed by atoms with Crippen LogP contribution < -0.4 is 4.90 Å². The molecule has 1 atom stereocenters. The van der Waals surface area contributed by atoms with Gasteiger partial charge in [-0.05, 0) is 0 Å². The molecule has 1 fully saturated rings. The average Bonchev–Trinajstić information content (AvgIpc) is 2.82. The Morgan fingerprint density at radius 2 is 2.26 bits per heavy atom. The van der Waals surface area contributed by atoms with E-state index in [4.69, 9.17) is 0 Å². The highest BCUT2D eigenvalue weighted by Gasteiger charge is 2.37. The number of thioether (sulfide) groups is 1. The molecule has 1 unspecified atom stereocenters. The number of hydrogen-bond acceptors (Lipinski definition) is 5. The third kappa shape index (κ3) is 3.27. The van der Waals surface area contributed by atoms with Crippen molar-refractivity contribution in [2.45, 2.75) is 24.8 Å². The summed E-state index contributed by atoms with van der Waals surface area (Å²) in [4.78, 5) is 27.3. The molecule has 1 aromatic rings. The monoisotopic (exact) mass is 310 g/mol. The number of rotatable bonds is 2. The highest BCUT2D eigenvalue weighted by atomic mass is 32.2. The predicted octanol–water partition coefficient (Wildman–Crippen LogP) is 2.55. The Kier molecular flexibility index (Phi) is 3.86. The average molecular weight is 310 g/mol. The summed E-state index contributed by atoms with van der Waals surface area (Å²) < 4.78 is 37.3. The highest BCUT2D eigenvalue weighted by molar-refractivity contribution is 8.14. The zero-order valence-corrected chi connectivity index (χ0v) is 11.4. The fourth-order valence-electron chi connectivity index (χ4n) is 1.69. The molecule has 1 aliphatic rings. The second-order valence-corrected chi connectivity index (χ2v) is 6.27. The summed E-state index contributed by atoms with van der Waals surface area (Å²) in [5.74, 6) is -0.304. The predicted molar refractivity (Wildman–Crippen MR) is 66.1 cm³/mol. The van der Waals surface area contributed by atoms with Gasteiger partial charge in [-0.3, -0.25) is 14.5 Å². The smallest absolute Gasteiger partial charge is 0.288 e. The van der Waals surface area contributed by atoms with E-state index in [1.165, 1.54) is 11.8 Å². The number of anilines is 1. The minimum atomic E-state index is -4.51. The normalized spacial score (nSPS) is 20.1. The van der Waals surface area contributed by atoms with E-state index < -0.39 is 11.9 Å². The third-order valence-electron chi connectivity index (χ3n) is 2.44. The van der Waals surface area contributed by atoms with Crippen LogP contribution in [0, 0.1) is 0 Å². The third-order valence-corrected chi connectivity index (χ3v) is 4.28. The first-order valence-corrected chi connectivity index (χ1v) is 7.03. The first-order chi connectivity index (χ1) is 8.77. The molecule has 0 spiro atoms. The summed E-state index contributed by atoms with van der Waals surface area (Å²) in [5, 5.41) is 0.579. The van der Waals surface area contributed by atoms with Gasteiger partial charge in [0, 0.05) is 30.5 Å². The van der Waals surface area contributed by atoms with Gasteiger partial charge in [-0.1, -0.05) is 11.8 Å². The maximum atomic E-state index is 12.4. The number of nitrogens with zero attached hydrogens (tertiary/aromatic N) is 2. The molecule has 1 saturated heterocycles. The molecule has 0 aromatic carbocycles. The van der Waals surface area contributed by atoms with Crippen molar-refractivity contribution in [3.05, 3.63) is 11.1 Å². The fraction of sp³-hybridized carbons (Fsp3) is 0.500. The van der Waals surface area contributed by atoms with Crippen LogP contribution in [0.4, 0.5) is 18.3 Å². The zero-order chi connectivity index (χ0) is 14.2. The van der Waals surface area contributed by atoms with E-state index in [0.29, 0.717) is 0 Å². The van der Waals surface area contributed by atoms with Gasteiger partial charge >= 0.3 is 6.18 Å². The SMILES string of the molecule is CC(=O)SC1CC(=O)N(c2nc(C(F)(F)F)cs2)C1. The molecule has 1 aromatic heterocycles. The minimum absolute atomic E-state index is 0.0315. The Morgan fingerprint density at radius 1 is 1.58 bits per heavy atom. The van der Waals surface area contributed by atoms with Crippen molar-refractivity contribution >= 4 is 39.3 Å². The number of carbonyl (C=O) groups excluding carboxylic acids is 2.